The van der Waals surface area contributed by atoms with Gasteiger partial charge < -0.3 is 24.8 Å². The third-order valence-corrected chi connectivity index (χ3v) is 5.89. The number of methoxy groups -OCH3 is 3. The zero-order valence-corrected chi connectivity index (χ0v) is 16.8. The van der Waals surface area contributed by atoms with Crippen molar-refractivity contribution in [2.75, 3.05) is 33.2 Å². The molecule has 2 aromatic rings. The predicted molar refractivity (Wildman–Crippen MR) is 108 cm³/mol. The molecule has 2 amide bonds. The standard InChI is InChI=1S/C20H26N2O4S/c1-24-16-10-15(11-17(25-2)18(16)26-3)22-19(23)21-13-20(7-4-5-8-20)14-6-9-27-12-14/h6,9-12H,4-5,7-8,13H2,1-3H3,(H2,21,22,23). The molecule has 0 spiro atoms. The Balaban J connectivity index is 1.69. The summed E-state index contributed by atoms with van der Waals surface area (Å²) >= 11 is 1.71. The van der Waals surface area contributed by atoms with E-state index in [-0.39, 0.29) is 11.4 Å². The van der Waals surface area contributed by atoms with Crippen LogP contribution in [0, 0.1) is 0 Å². The van der Waals surface area contributed by atoms with Crippen molar-refractivity contribution in [3.05, 3.63) is 34.5 Å². The molecule has 1 aromatic carbocycles. The quantitative estimate of drug-likeness (QED) is 0.735. The molecule has 2 N–H and O–H groups in total. The van der Waals surface area contributed by atoms with Crippen molar-refractivity contribution in [2.45, 2.75) is 31.1 Å². The highest BCUT2D eigenvalue weighted by Gasteiger charge is 2.36. The van der Waals surface area contributed by atoms with E-state index in [0.717, 1.165) is 12.8 Å². The lowest BCUT2D eigenvalue weighted by molar-refractivity contribution is 0.248. The van der Waals surface area contributed by atoms with E-state index < -0.39 is 0 Å². The molecule has 1 aromatic heterocycles. The molecular formula is C20H26N2O4S. The molecule has 7 heteroatoms. The number of amides is 2. The number of thiophene rings is 1. The Morgan fingerprint density at radius 2 is 1.78 bits per heavy atom. The number of urea groups is 1. The van der Waals surface area contributed by atoms with Crippen LogP contribution < -0.4 is 24.8 Å². The largest absolute Gasteiger partial charge is 0.493 e. The molecule has 146 valence electrons. The summed E-state index contributed by atoms with van der Waals surface area (Å²) in [7, 11) is 4.64. The summed E-state index contributed by atoms with van der Waals surface area (Å²) in [6.45, 7) is 0.625. The van der Waals surface area contributed by atoms with Gasteiger partial charge in [-0.1, -0.05) is 12.8 Å². The first-order valence-corrected chi connectivity index (χ1v) is 9.94. The summed E-state index contributed by atoms with van der Waals surface area (Å²) in [6, 6.07) is 5.36. The van der Waals surface area contributed by atoms with Crippen molar-refractivity contribution in [1.82, 2.24) is 5.32 Å². The highest BCUT2D eigenvalue weighted by Crippen LogP contribution is 2.42. The van der Waals surface area contributed by atoms with E-state index in [4.69, 9.17) is 14.2 Å². The van der Waals surface area contributed by atoms with E-state index in [2.05, 4.69) is 27.5 Å². The Hall–Kier alpha value is -2.41. The smallest absolute Gasteiger partial charge is 0.319 e. The second-order valence-electron chi connectivity index (χ2n) is 6.72. The average molecular weight is 391 g/mol. The fourth-order valence-corrected chi connectivity index (χ4v) is 4.54. The second-order valence-corrected chi connectivity index (χ2v) is 7.50. The number of nitrogens with one attached hydrogen (secondary N) is 2. The fraction of sp³-hybridized carbons (Fsp3) is 0.450. The van der Waals surface area contributed by atoms with E-state index in [1.807, 2.05) is 0 Å². The molecule has 0 aliphatic heterocycles. The average Bonchev–Trinajstić information content (AvgIpc) is 3.38. The van der Waals surface area contributed by atoms with Crippen molar-refractivity contribution in [3.8, 4) is 17.2 Å². The molecule has 0 bridgehead atoms. The van der Waals surface area contributed by atoms with Gasteiger partial charge in [0, 0.05) is 24.1 Å². The van der Waals surface area contributed by atoms with Crippen LogP contribution in [0.15, 0.2) is 29.0 Å². The highest BCUT2D eigenvalue weighted by atomic mass is 32.1. The normalized spacial score (nSPS) is 15.2. The van der Waals surface area contributed by atoms with Crippen LogP contribution in [0.4, 0.5) is 10.5 Å². The summed E-state index contributed by atoms with van der Waals surface area (Å²) in [4.78, 5) is 12.5. The minimum atomic E-state index is -0.245. The Kier molecular flexibility index (Phi) is 6.11. The number of hydrogen-bond acceptors (Lipinski definition) is 5. The van der Waals surface area contributed by atoms with Gasteiger partial charge in [0.05, 0.1) is 27.0 Å². The summed E-state index contributed by atoms with van der Waals surface area (Å²) in [5, 5.41) is 10.2. The summed E-state index contributed by atoms with van der Waals surface area (Å²) in [5.41, 5.74) is 1.96. The van der Waals surface area contributed by atoms with Crippen LogP contribution >= 0.6 is 11.3 Å². The van der Waals surface area contributed by atoms with E-state index >= 15 is 0 Å². The van der Waals surface area contributed by atoms with Crippen LogP contribution in [0.2, 0.25) is 0 Å². The monoisotopic (exact) mass is 390 g/mol. The molecule has 3 rings (SSSR count). The van der Waals surface area contributed by atoms with E-state index in [1.165, 1.54) is 18.4 Å². The molecule has 0 atom stereocenters. The molecule has 6 nitrogen and oxygen atoms in total. The van der Waals surface area contributed by atoms with Gasteiger partial charge in [0.1, 0.15) is 0 Å². The lowest BCUT2D eigenvalue weighted by Gasteiger charge is -2.28. The van der Waals surface area contributed by atoms with Gasteiger partial charge in [0.2, 0.25) is 5.75 Å². The Labute approximate surface area is 163 Å². The molecule has 1 fully saturated rings. The number of carbonyl (C=O) groups excluding carboxylic acids is 1. The first kappa shape index (κ1) is 19.4. The summed E-state index contributed by atoms with van der Waals surface area (Å²) in [5.74, 6) is 1.49. The number of ether oxygens (including phenoxy) is 3. The fourth-order valence-electron chi connectivity index (χ4n) is 3.76. The highest BCUT2D eigenvalue weighted by molar-refractivity contribution is 7.08. The topological polar surface area (TPSA) is 68.8 Å². The van der Waals surface area contributed by atoms with E-state index in [0.29, 0.717) is 29.5 Å². The lowest BCUT2D eigenvalue weighted by atomic mass is 9.80. The predicted octanol–water partition coefficient (Wildman–Crippen LogP) is 4.41. The number of carbonyl (C=O) groups is 1. The molecule has 0 unspecified atom stereocenters. The SMILES string of the molecule is COc1cc(NC(=O)NCC2(c3ccsc3)CCCC2)cc(OC)c1OC. The van der Waals surface area contributed by atoms with Gasteiger partial charge in [-0.15, -0.1) is 0 Å². The third kappa shape index (κ3) is 4.13. The molecule has 0 saturated heterocycles. The molecule has 27 heavy (non-hydrogen) atoms. The van der Waals surface area contributed by atoms with Gasteiger partial charge in [-0.2, -0.15) is 11.3 Å². The van der Waals surface area contributed by atoms with Crippen LogP contribution in [0.25, 0.3) is 0 Å². The summed E-state index contributed by atoms with van der Waals surface area (Å²) in [6.07, 6.45) is 4.61. The third-order valence-electron chi connectivity index (χ3n) is 5.20. The van der Waals surface area contributed by atoms with Crippen LogP contribution in [-0.4, -0.2) is 33.9 Å². The number of rotatable bonds is 7. The molecule has 1 aliphatic carbocycles. The van der Waals surface area contributed by atoms with Crippen molar-refractivity contribution >= 4 is 23.1 Å². The number of anilines is 1. The summed E-state index contributed by atoms with van der Waals surface area (Å²) < 4.78 is 16.0. The maximum Gasteiger partial charge on any atom is 0.319 e. The molecule has 1 saturated carbocycles. The van der Waals surface area contributed by atoms with E-state index in [1.54, 1.807) is 44.8 Å². The minimum Gasteiger partial charge on any atom is -0.493 e. The maximum atomic E-state index is 12.5. The van der Waals surface area contributed by atoms with E-state index in [9.17, 15) is 4.79 Å². The molecule has 1 aliphatic rings. The van der Waals surface area contributed by atoms with Crippen LogP contribution in [-0.2, 0) is 5.41 Å². The Bertz CT molecular complexity index is 745. The van der Waals surface area contributed by atoms with Gasteiger partial charge in [0.15, 0.2) is 11.5 Å². The minimum absolute atomic E-state index is 0.0482. The van der Waals surface area contributed by atoms with Gasteiger partial charge in [-0.05, 0) is 35.2 Å². The van der Waals surface area contributed by atoms with Gasteiger partial charge in [-0.3, -0.25) is 0 Å². The Morgan fingerprint density at radius 1 is 1.11 bits per heavy atom. The van der Waals surface area contributed by atoms with Crippen molar-refractivity contribution in [1.29, 1.82) is 0 Å². The van der Waals surface area contributed by atoms with Gasteiger partial charge in [-0.25, -0.2) is 4.79 Å². The Morgan fingerprint density at radius 3 is 2.30 bits per heavy atom. The van der Waals surface area contributed by atoms with Crippen LogP contribution in [0.1, 0.15) is 31.2 Å². The molecular weight excluding hydrogens is 364 g/mol. The first-order valence-electron chi connectivity index (χ1n) is 8.99. The van der Waals surface area contributed by atoms with Crippen molar-refractivity contribution < 1.29 is 19.0 Å². The molecule has 1 heterocycles. The zero-order chi connectivity index (χ0) is 19.3. The zero-order valence-electron chi connectivity index (χ0n) is 16.0. The van der Waals surface area contributed by atoms with Gasteiger partial charge in [0.25, 0.3) is 0 Å². The first-order chi connectivity index (χ1) is 13.1. The number of benzene rings is 1. The van der Waals surface area contributed by atoms with Gasteiger partial charge >= 0.3 is 6.03 Å². The molecule has 0 radical (unpaired) electrons. The maximum absolute atomic E-state index is 12.5. The number of hydrogen-bond donors (Lipinski definition) is 2. The van der Waals surface area contributed by atoms with Crippen molar-refractivity contribution in [3.63, 3.8) is 0 Å². The van der Waals surface area contributed by atoms with Crippen LogP contribution in [0.3, 0.4) is 0 Å². The van der Waals surface area contributed by atoms with Crippen molar-refractivity contribution in [2.24, 2.45) is 0 Å². The second kappa shape index (κ2) is 8.52. The van der Waals surface area contributed by atoms with Crippen LogP contribution in [0.5, 0.6) is 17.2 Å². The lowest BCUT2D eigenvalue weighted by Crippen LogP contribution is -2.40.